The van der Waals surface area contributed by atoms with Gasteiger partial charge in [0.2, 0.25) is 0 Å². The third kappa shape index (κ3) is 4.85. The van der Waals surface area contributed by atoms with Gasteiger partial charge in [0.25, 0.3) is 0 Å². The Kier molecular flexibility index (Phi) is 4.92. The average Bonchev–Trinajstić information content (AvgIpc) is 2.51. The normalized spacial score (nSPS) is 12.6. The Labute approximate surface area is 138 Å². The highest BCUT2D eigenvalue weighted by atomic mass is 19.4. The molecular formula is C17H10F6O2. The van der Waals surface area contributed by atoms with Crippen molar-refractivity contribution in [2.24, 2.45) is 0 Å². The molecule has 2 aromatic carbocycles. The molecule has 2 nitrogen and oxygen atoms in total. The third-order valence-corrected chi connectivity index (χ3v) is 3.24. The van der Waals surface area contributed by atoms with Gasteiger partial charge >= 0.3 is 18.3 Å². The van der Waals surface area contributed by atoms with Gasteiger partial charge in [-0.3, -0.25) is 0 Å². The lowest BCUT2D eigenvalue weighted by Gasteiger charge is -2.12. The molecule has 1 N–H and O–H groups in total. The number of carboxylic acids is 1. The summed E-state index contributed by atoms with van der Waals surface area (Å²) < 4.78 is 76.6. The summed E-state index contributed by atoms with van der Waals surface area (Å²) >= 11 is 0. The molecule has 0 unspecified atom stereocenters. The molecule has 0 aromatic heterocycles. The fourth-order valence-corrected chi connectivity index (χ4v) is 2.00. The number of aromatic carboxylic acids is 1. The van der Waals surface area contributed by atoms with Crippen LogP contribution in [0.3, 0.4) is 0 Å². The standard InChI is InChI=1S/C17H10F6O2/c18-16(19,20)13-7-11(8-14(9-13)17(21,22)23)2-1-10-3-5-12(6-4-10)15(24)25/h1-9H,(H,24,25)/b2-1+. The highest BCUT2D eigenvalue weighted by Gasteiger charge is 2.36. The van der Waals surface area contributed by atoms with Crippen molar-refractivity contribution in [2.45, 2.75) is 12.4 Å². The number of halogens is 6. The minimum absolute atomic E-state index is 0.00979. The molecule has 0 aliphatic carbocycles. The van der Waals surface area contributed by atoms with Crippen LogP contribution in [0.25, 0.3) is 12.2 Å². The molecule has 0 aliphatic heterocycles. The van der Waals surface area contributed by atoms with Crippen LogP contribution in [-0.2, 0) is 12.4 Å². The predicted molar refractivity (Wildman–Crippen MR) is 78.8 cm³/mol. The fourth-order valence-electron chi connectivity index (χ4n) is 2.00. The van der Waals surface area contributed by atoms with Crippen molar-refractivity contribution < 1.29 is 36.2 Å². The van der Waals surface area contributed by atoms with Crippen LogP contribution in [0, 0.1) is 0 Å². The summed E-state index contributed by atoms with van der Waals surface area (Å²) in [5.41, 5.74) is -2.64. The highest BCUT2D eigenvalue weighted by molar-refractivity contribution is 5.88. The zero-order valence-electron chi connectivity index (χ0n) is 12.3. The zero-order valence-corrected chi connectivity index (χ0v) is 12.3. The minimum atomic E-state index is -4.91. The van der Waals surface area contributed by atoms with E-state index in [4.69, 9.17) is 5.11 Å². The van der Waals surface area contributed by atoms with E-state index in [1.165, 1.54) is 30.3 Å². The van der Waals surface area contributed by atoms with Crippen LogP contribution in [0.1, 0.15) is 32.6 Å². The van der Waals surface area contributed by atoms with E-state index in [0.717, 1.165) is 6.08 Å². The lowest BCUT2D eigenvalue weighted by Crippen LogP contribution is -2.11. The molecule has 2 aromatic rings. The monoisotopic (exact) mass is 360 g/mol. The first-order valence-corrected chi connectivity index (χ1v) is 6.78. The molecule has 0 aliphatic rings. The third-order valence-electron chi connectivity index (χ3n) is 3.24. The van der Waals surface area contributed by atoms with E-state index in [2.05, 4.69) is 0 Å². The van der Waals surface area contributed by atoms with Gasteiger partial charge in [-0.2, -0.15) is 26.3 Å². The maximum atomic E-state index is 12.8. The molecule has 0 atom stereocenters. The first kappa shape index (κ1) is 18.6. The second-order valence-electron chi connectivity index (χ2n) is 5.10. The molecule has 2 rings (SSSR count). The molecule has 0 spiro atoms. The second kappa shape index (κ2) is 6.62. The number of hydrogen-bond acceptors (Lipinski definition) is 1. The van der Waals surface area contributed by atoms with Crippen LogP contribution >= 0.6 is 0 Å². The summed E-state index contributed by atoms with van der Waals surface area (Å²) in [7, 11) is 0. The van der Waals surface area contributed by atoms with E-state index >= 15 is 0 Å². The van der Waals surface area contributed by atoms with Crippen LogP contribution in [0.5, 0.6) is 0 Å². The quantitative estimate of drug-likeness (QED) is 0.572. The van der Waals surface area contributed by atoms with E-state index in [1.807, 2.05) is 0 Å². The van der Waals surface area contributed by atoms with E-state index < -0.39 is 29.4 Å². The van der Waals surface area contributed by atoms with E-state index in [-0.39, 0.29) is 17.2 Å². The number of hydrogen-bond donors (Lipinski definition) is 1. The van der Waals surface area contributed by atoms with Gasteiger partial charge in [0.05, 0.1) is 16.7 Å². The van der Waals surface area contributed by atoms with Gasteiger partial charge in [0.15, 0.2) is 0 Å². The zero-order chi connectivity index (χ0) is 18.8. The number of carboxylic acid groups (broad SMARTS) is 1. The molecule has 0 radical (unpaired) electrons. The van der Waals surface area contributed by atoms with E-state index in [0.29, 0.717) is 17.7 Å². The minimum Gasteiger partial charge on any atom is -0.478 e. The van der Waals surface area contributed by atoms with Crippen molar-refractivity contribution in [1.82, 2.24) is 0 Å². The summed E-state index contributed by atoms with van der Waals surface area (Å²) in [6, 6.07) is 6.59. The van der Waals surface area contributed by atoms with Crippen molar-refractivity contribution in [3.05, 3.63) is 70.3 Å². The molecular weight excluding hydrogens is 350 g/mol. The van der Waals surface area contributed by atoms with Crippen molar-refractivity contribution in [1.29, 1.82) is 0 Å². The van der Waals surface area contributed by atoms with Crippen molar-refractivity contribution >= 4 is 18.1 Å². The Morgan fingerprint density at radius 3 is 1.60 bits per heavy atom. The van der Waals surface area contributed by atoms with Crippen LogP contribution in [-0.4, -0.2) is 11.1 Å². The molecule has 0 saturated carbocycles. The van der Waals surface area contributed by atoms with Crippen LogP contribution in [0.15, 0.2) is 42.5 Å². The van der Waals surface area contributed by atoms with E-state index in [1.54, 1.807) is 0 Å². The second-order valence-corrected chi connectivity index (χ2v) is 5.10. The first-order valence-electron chi connectivity index (χ1n) is 6.78. The van der Waals surface area contributed by atoms with Gasteiger partial charge in [-0.25, -0.2) is 4.79 Å². The number of alkyl halides is 6. The molecule has 0 heterocycles. The fraction of sp³-hybridized carbons (Fsp3) is 0.118. The first-order chi connectivity index (χ1) is 11.5. The SMILES string of the molecule is O=C(O)c1ccc(/C=C/c2cc(C(F)(F)F)cc(C(F)(F)F)c2)cc1. The lowest BCUT2D eigenvalue weighted by molar-refractivity contribution is -0.143. The summed E-state index contributed by atoms with van der Waals surface area (Å²) in [4.78, 5) is 10.7. The van der Waals surface area contributed by atoms with Crippen LogP contribution in [0.4, 0.5) is 26.3 Å². The Morgan fingerprint density at radius 1 is 0.760 bits per heavy atom. The van der Waals surface area contributed by atoms with Crippen LogP contribution in [0.2, 0.25) is 0 Å². The van der Waals surface area contributed by atoms with Gasteiger partial charge in [-0.15, -0.1) is 0 Å². The molecule has 0 bridgehead atoms. The Morgan fingerprint density at radius 2 is 1.20 bits per heavy atom. The summed E-state index contributed by atoms with van der Waals surface area (Å²) in [5.74, 6) is -1.15. The molecule has 0 fully saturated rings. The topological polar surface area (TPSA) is 37.3 Å². The lowest BCUT2D eigenvalue weighted by atomic mass is 10.0. The summed E-state index contributed by atoms with van der Waals surface area (Å²) in [6.45, 7) is 0. The Hall–Kier alpha value is -2.77. The maximum absolute atomic E-state index is 12.8. The smallest absolute Gasteiger partial charge is 0.416 e. The Bertz CT molecular complexity index is 769. The van der Waals surface area contributed by atoms with Crippen molar-refractivity contribution in [2.75, 3.05) is 0 Å². The highest BCUT2D eigenvalue weighted by Crippen LogP contribution is 2.36. The van der Waals surface area contributed by atoms with Gasteiger partial charge in [-0.05, 0) is 41.5 Å². The van der Waals surface area contributed by atoms with Gasteiger partial charge in [0.1, 0.15) is 0 Å². The maximum Gasteiger partial charge on any atom is 0.416 e. The van der Waals surface area contributed by atoms with Crippen molar-refractivity contribution in [3.63, 3.8) is 0 Å². The van der Waals surface area contributed by atoms with Gasteiger partial charge in [0, 0.05) is 0 Å². The molecule has 8 heteroatoms. The number of carbonyl (C=O) groups is 1. The molecule has 0 amide bonds. The number of rotatable bonds is 3. The summed E-state index contributed by atoms with van der Waals surface area (Å²) in [5, 5.41) is 8.77. The predicted octanol–water partition coefficient (Wildman–Crippen LogP) is 5.59. The molecule has 0 saturated heterocycles. The average molecular weight is 360 g/mol. The van der Waals surface area contributed by atoms with Gasteiger partial charge in [-0.1, -0.05) is 24.3 Å². The van der Waals surface area contributed by atoms with E-state index in [9.17, 15) is 31.1 Å². The van der Waals surface area contributed by atoms with Gasteiger partial charge < -0.3 is 5.11 Å². The molecule has 132 valence electrons. The number of benzene rings is 2. The molecule has 25 heavy (non-hydrogen) atoms. The Balaban J connectivity index is 2.39. The largest absolute Gasteiger partial charge is 0.478 e. The summed E-state index contributed by atoms with van der Waals surface area (Å²) in [6.07, 6.45) is -7.43. The van der Waals surface area contributed by atoms with Crippen molar-refractivity contribution in [3.8, 4) is 0 Å². The van der Waals surface area contributed by atoms with Crippen LogP contribution < -0.4 is 0 Å².